The number of benzene rings is 2. The van der Waals surface area contributed by atoms with Gasteiger partial charge in [-0.05, 0) is 18.2 Å². The van der Waals surface area contributed by atoms with E-state index in [0.717, 1.165) is 0 Å². The lowest BCUT2D eigenvalue weighted by atomic mass is 10.2. The number of para-hydroxylation sites is 2. The van der Waals surface area contributed by atoms with Crippen molar-refractivity contribution < 1.29 is 24.1 Å². The summed E-state index contributed by atoms with van der Waals surface area (Å²) in [5.41, 5.74) is 6.69. The number of nitrogen functional groups attached to an aromatic ring is 1. The molecule has 1 saturated heterocycles. The third-order valence-electron chi connectivity index (χ3n) is 5.67. The number of anilines is 2. The molecule has 0 bridgehead atoms. The van der Waals surface area contributed by atoms with E-state index in [2.05, 4.69) is 9.97 Å². The molecule has 3 N–H and O–H groups in total. The minimum absolute atomic E-state index is 0.0216. The van der Waals surface area contributed by atoms with E-state index in [1.165, 1.54) is 13.2 Å². The number of nitrogens with zero attached hydrogens (tertiary/aromatic N) is 4. The highest BCUT2D eigenvalue weighted by Gasteiger charge is 2.33. The van der Waals surface area contributed by atoms with Crippen LogP contribution in [0, 0.1) is 0 Å². The van der Waals surface area contributed by atoms with Crippen LogP contribution in [0.1, 0.15) is 0 Å². The molecule has 0 spiro atoms. The van der Waals surface area contributed by atoms with Gasteiger partial charge >= 0.3 is 0 Å². The molecule has 3 heterocycles. The summed E-state index contributed by atoms with van der Waals surface area (Å²) in [6.45, 7) is 2.29. The van der Waals surface area contributed by atoms with Crippen molar-refractivity contribution in [3.63, 3.8) is 0 Å². The van der Waals surface area contributed by atoms with Crippen LogP contribution in [0.15, 0.2) is 36.4 Å². The molecule has 166 valence electrons. The van der Waals surface area contributed by atoms with E-state index in [-0.39, 0.29) is 24.1 Å². The fourth-order valence-electron chi connectivity index (χ4n) is 3.93. The minimum Gasteiger partial charge on any atom is -0.504 e. The largest absolute Gasteiger partial charge is 0.504 e. The molecule has 5 rings (SSSR count). The fourth-order valence-corrected chi connectivity index (χ4v) is 3.93. The Balaban J connectivity index is 1.28. The van der Waals surface area contributed by atoms with Gasteiger partial charge in [0.2, 0.25) is 12.1 Å². The first kappa shape index (κ1) is 20.0. The Hall–Kier alpha value is -3.95. The van der Waals surface area contributed by atoms with Gasteiger partial charge < -0.3 is 34.9 Å². The molecule has 3 aromatic rings. The number of amides is 1. The number of piperazine rings is 1. The van der Waals surface area contributed by atoms with E-state index < -0.39 is 6.10 Å². The SMILES string of the molecule is COc1cc2nc(N3CCN(C(=O)[C@@H]4COc5ccccc5O4)CC3)nc(N)c2cc1O. The van der Waals surface area contributed by atoms with E-state index in [0.29, 0.717) is 60.3 Å². The molecule has 2 aliphatic rings. The summed E-state index contributed by atoms with van der Waals surface area (Å²) in [7, 11) is 1.47. The summed E-state index contributed by atoms with van der Waals surface area (Å²) in [5.74, 6) is 2.17. The first-order valence-electron chi connectivity index (χ1n) is 10.3. The number of aromatic hydroxyl groups is 1. The molecule has 32 heavy (non-hydrogen) atoms. The third-order valence-corrected chi connectivity index (χ3v) is 5.67. The first-order valence-corrected chi connectivity index (χ1v) is 10.3. The number of phenols is 1. The number of hydrogen-bond donors (Lipinski definition) is 2. The molecule has 1 amide bonds. The molecule has 2 aromatic carbocycles. The third kappa shape index (κ3) is 3.53. The second kappa shape index (κ2) is 7.95. The van der Waals surface area contributed by atoms with Gasteiger partial charge in [0.05, 0.1) is 12.6 Å². The zero-order valence-corrected chi connectivity index (χ0v) is 17.5. The van der Waals surface area contributed by atoms with Gasteiger partial charge in [-0.25, -0.2) is 4.98 Å². The van der Waals surface area contributed by atoms with Crippen molar-refractivity contribution in [3.05, 3.63) is 36.4 Å². The van der Waals surface area contributed by atoms with Crippen LogP contribution in [0.25, 0.3) is 10.9 Å². The molecular weight excluding hydrogens is 414 g/mol. The quantitative estimate of drug-likeness (QED) is 0.626. The van der Waals surface area contributed by atoms with Crippen LogP contribution in [0.2, 0.25) is 0 Å². The summed E-state index contributed by atoms with van der Waals surface area (Å²) < 4.78 is 16.7. The van der Waals surface area contributed by atoms with Crippen molar-refractivity contribution in [2.75, 3.05) is 50.5 Å². The van der Waals surface area contributed by atoms with Gasteiger partial charge in [0.1, 0.15) is 12.4 Å². The molecule has 10 heteroatoms. The molecule has 1 atom stereocenters. The topological polar surface area (TPSA) is 123 Å². The maximum absolute atomic E-state index is 13.0. The highest BCUT2D eigenvalue weighted by atomic mass is 16.6. The van der Waals surface area contributed by atoms with Crippen LogP contribution < -0.4 is 24.8 Å². The Morgan fingerprint density at radius 1 is 1.16 bits per heavy atom. The second-order valence-corrected chi connectivity index (χ2v) is 7.63. The number of methoxy groups -OCH3 is 1. The fraction of sp³-hybridized carbons (Fsp3) is 0.318. The van der Waals surface area contributed by atoms with E-state index in [9.17, 15) is 9.90 Å². The number of phenolic OH excluding ortho intramolecular Hbond substituents is 1. The maximum Gasteiger partial charge on any atom is 0.267 e. The first-order chi connectivity index (χ1) is 15.5. The van der Waals surface area contributed by atoms with E-state index in [1.807, 2.05) is 23.1 Å². The van der Waals surface area contributed by atoms with Crippen molar-refractivity contribution in [3.8, 4) is 23.0 Å². The smallest absolute Gasteiger partial charge is 0.267 e. The summed E-state index contributed by atoms with van der Waals surface area (Å²) in [4.78, 5) is 25.7. The number of hydrogen-bond acceptors (Lipinski definition) is 9. The number of fused-ring (bicyclic) bond motifs is 2. The monoisotopic (exact) mass is 437 g/mol. The van der Waals surface area contributed by atoms with E-state index >= 15 is 0 Å². The Morgan fingerprint density at radius 2 is 1.91 bits per heavy atom. The maximum atomic E-state index is 13.0. The van der Waals surface area contributed by atoms with Gasteiger partial charge in [-0.15, -0.1) is 0 Å². The Morgan fingerprint density at radius 3 is 2.66 bits per heavy atom. The summed E-state index contributed by atoms with van der Waals surface area (Å²) in [5, 5.41) is 10.5. The lowest BCUT2D eigenvalue weighted by Gasteiger charge is -2.37. The van der Waals surface area contributed by atoms with Crippen molar-refractivity contribution >= 4 is 28.6 Å². The average Bonchev–Trinajstić information content (AvgIpc) is 2.83. The minimum atomic E-state index is -0.663. The highest BCUT2D eigenvalue weighted by molar-refractivity contribution is 5.91. The zero-order chi connectivity index (χ0) is 22.2. The number of carbonyl (C=O) groups excluding carboxylic acids is 1. The predicted molar refractivity (Wildman–Crippen MR) is 117 cm³/mol. The van der Waals surface area contributed by atoms with Crippen molar-refractivity contribution in [1.82, 2.24) is 14.9 Å². The number of carbonyl (C=O) groups is 1. The Labute approximate surface area is 184 Å². The standard InChI is InChI=1S/C22H23N5O5/c1-30-18-11-14-13(10-15(18)28)20(23)25-22(24-14)27-8-6-26(7-9-27)21(29)19-12-31-16-4-2-3-5-17(16)32-19/h2-5,10-11,19,28H,6-9,12H2,1H3,(H2,23,24,25)/t19-/m0/s1. The summed E-state index contributed by atoms with van der Waals surface area (Å²) in [6.07, 6.45) is -0.663. The van der Waals surface area contributed by atoms with Crippen LogP contribution >= 0.6 is 0 Å². The molecule has 2 aliphatic heterocycles. The van der Waals surface area contributed by atoms with Crippen molar-refractivity contribution in [1.29, 1.82) is 0 Å². The molecular formula is C22H23N5O5. The van der Waals surface area contributed by atoms with Gasteiger partial charge in [-0.2, -0.15) is 4.98 Å². The molecule has 1 fully saturated rings. The summed E-state index contributed by atoms with van der Waals surface area (Å²) >= 11 is 0. The average molecular weight is 437 g/mol. The van der Waals surface area contributed by atoms with Crippen molar-refractivity contribution in [2.24, 2.45) is 0 Å². The number of ether oxygens (including phenoxy) is 3. The Kier molecular flexibility index (Phi) is 4.96. The number of nitrogens with two attached hydrogens (primary N) is 1. The lowest BCUT2D eigenvalue weighted by Crippen LogP contribution is -2.54. The second-order valence-electron chi connectivity index (χ2n) is 7.63. The van der Waals surface area contributed by atoms with Crippen molar-refractivity contribution in [2.45, 2.75) is 6.10 Å². The molecule has 0 radical (unpaired) electrons. The zero-order valence-electron chi connectivity index (χ0n) is 17.5. The van der Waals surface area contributed by atoms with Gasteiger partial charge in [0, 0.05) is 37.6 Å². The van der Waals surface area contributed by atoms with Gasteiger partial charge in [-0.3, -0.25) is 4.79 Å². The molecule has 0 unspecified atom stereocenters. The molecule has 0 aliphatic carbocycles. The van der Waals surface area contributed by atoms with Crippen LogP contribution in [0.5, 0.6) is 23.0 Å². The van der Waals surface area contributed by atoms with Crippen LogP contribution in [-0.4, -0.2) is 71.9 Å². The highest BCUT2D eigenvalue weighted by Crippen LogP contribution is 2.34. The van der Waals surface area contributed by atoms with Crippen LogP contribution in [0.4, 0.5) is 11.8 Å². The van der Waals surface area contributed by atoms with Crippen LogP contribution in [0.3, 0.4) is 0 Å². The van der Waals surface area contributed by atoms with Gasteiger partial charge in [-0.1, -0.05) is 12.1 Å². The van der Waals surface area contributed by atoms with Crippen LogP contribution in [-0.2, 0) is 4.79 Å². The molecule has 1 aromatic heterocycles. The molecule has 0 saturated carbocycles. The number of aromatic nitrogens is 2. The van der Waals surface area contributed by atoms with E-state index in [4.69, 9.17) is 19.9 Å². The van der Waals surface area contributed by atoms with Gasteiger partial charge in [0.25, 0.3) is 5.91 Å². The Bertz CT molecular complexity index is 1180. The predicted octanol–water partition coefficient (Wildman–Crippen LogP) is 1.41. The molecule has 10 nitrogen and oxygen atoms in total. The van der Waals surface area contributed by atoms with E-state index in [1.54, 1.807) is 17.0 Å². The normalized spacial score (nSPS) is 18.0. The van der Waals surface area contributed by atoms with Gasteiger partial charge in [0.15, 0.2) is 23.0 Å². The number of rotatable bonds is 3. The lowest BCUT2D eigenvalue weighted by molar-refractivity contribution is -0.141. The summed E-state index contributed by atoms with van der Waals surface area (Å²) in [6, 6.07) is 10.5.